The Bertz CT molecular complexity index is 940. The third-order valence-electron chi connectivity index (χ3n) is 4.69. The maximum absolute atomic E-state index is 6.54. The zero-order valence-corrected chi connectivity index (χ0v) is 18.5. The number of hydrogen-bond donors (Lipinski definition) is 1. The molecule has 158 valence electrons. The highest BCUT2D eigenvalue weighted by Crippen LogP contribution is 2.37. The Morgan fingerprint density at radius 1 is 0.833 bits per heavy atom. The van der Waals surface area contributed by atoms with Gasteiger partial charge >= 0.3 is 0 Å². The zero-order chi connectivity index (χ0) is 21.3. The average molecular weight is 426 g/mol. The van der Waals surface area contributed by atoms with E-state index in [0.29, 0.717) is 36.3 Å². The van der Waals surface area contributed by atoms with Crippen molar-refractivity contribution >= 4 is 11.6 Å². The number of aryl methyl sites for hydroxylation is 1. The van der Waals surface area contributed by atoms with E-state index < -0.39 is 0 Å². The lowest BCUT2D eigenvalue weighted by Crippen LogP contribution is -2.13. The van der Waals surface area contributed by atoms with E-state index in [1.165, 1.54) is 11.1 Å². The monoisotopic (exact) mass is 425 g/mol. The van der Waals surface area contributed by atoms with Gasteiger partial charge in [0.05, 0.1) is 18.7 Å². The molecular formula is C25H28ClNO3. The predicted octanol–water partition coefficient (Wildman–Crippen LogP) is 5.92. The van der Waals surface area contributed by atoms with E-state index in [1.54, 1.807) is 7.11 Å². The van der Waals surface area contributed by atoms with E-state index in [0.717, 1.165) is 23.4 Å². The minimum Gasteiger partial charge on any atom is -0.497 e. The summed E-state index contributed by atoms with van der Waals surface area (Å²) in [5, 5.41) is 3.99. The van der Waals surface area contributed by atoms with Crippen LogP contribution in [0.3, 0.4) is 0 Å². The number of benzene rings is 3. The summed E-state index contributed by atoms with van der Waals surface area (Å²) in [4.78, 5) is 0. The number of methoxy groups -OCH3 is 1. The molecule has 0 fully saturated rings. The normalized spacial score (nSPS) is 10.7. The van der Waals surface area contributed by atoms with Gasteiger partial charge in [0.1, 0.15) is 12.4 Å². The summed E-state index contributed by atoms with van der Waals surface area (Å²) < 4.78 is 17.0. The van der Waals surface area contributed by atoms with Crippen molar-refractivity contribution in [3.05, 3.63) is 87.9 Å². The van der Waals surface area contributed by atoms with E-state index in [-0.39, 0.29) is 0 Å². The Hall–Kier alpha value is -2.69. The van der Waals surface area contributed by atoms with Crippen LogP contribution in [-0.2, 0) is 19.7 Å². The third-order valence-corrected chi connectivity index (χ3v) is 4.97. The zero-order valence-electron chi connectivity index (χ0n) is 17.7. The second-order valence-corrected chi connectivity index (χ2v) is 7.47. The van der Waals surface area contributed by atoms with E-state index in [1.807, 2.05) is 43.3 Å². The predicted molar refractivity (Wildman–Crippen MR) is 122 cm³/mol. The molecule has 1 N–H and O–H groups in total. The Morgan fingerprint density at radius 3 is 2.17 bits per heavy atom. The van der Waals surface area contributed by atoms with E-state index >= 15 is 0 Å². The summed E-state index contributed by atoms with van der Waals surface area (Å²) in [5.41, 5.74) is 4.53. The molecule has 0 aliphatic carbocycles. The third kappa shape index (κ3) is 6.15. The number of hydrogen-bond acceptors (Lipinski definition) is 4. The Kier molecular flexibility index (Phi) is 8.00. The molecule has 5 heteroatoms. The maximum atomic E-state index is 6.54. The molecule has 0 unspecified atom stereocenters. The number of ether oxygens (including phenoxy) is 3. The summed E-state index contributed by atoms with van der Waals surface area (Å²) in [6, 6.07) is 20.2. The van der Waals surface area contributed by atoms with Gasteiger partial charge in [-0.15, -0.1) is 0 Å². The largest absolute Gasteiger partial charge is 0.497 e. The van der Waals surface area contributed by atoms with Crippen LogP contribution in [0.4, 0.5) is 0 Å². The molecule has 0 bridgehead atoms. The van der Waals surface area contributed by atoms with Crippen LogP contribution in [0.5, 0.6) is 17.2 Å². The molecule has 0 saturated carbocycles. The van der Waals surface area contributed by atoms with Crippen LogP contribution in [0.2, 0.25) is 5.02 Å². The highest BCUT2D eigenvalue weighted by molar-refractivity contribution is 6.32. The van der Waals surface area contributed by atoms with Gasteiger partial charge in [-0.3, -0.25) is 0 Å². The van der Waals surface area contributed by atoms with Crippen molar-refractivity contribution in [1.82, 2.24) is 5.32 Å². The van der Waals surface area contributed by atoms with Gasteiger partial charge in [0.2, 0.25) is 0 Å². The van der Waals surface area contributed by atoms with Crippen LogP contribution in [0, 0.1) is 6.92 Å². The first-order chi connectivity index (χ1) is 14.6. The summed E-state index contributed by atoms with van der Waals surface area (Å²) >= 11 is 6.54. The van der Waals surface area contributed by atoms with Crippen molar-refractivity contribution in [3.63, 3.8) is 0 Å². The molecule has 0 aromatic heterocycles. The molecule has 0 radical (unpaired) electrons. The standard InChI is InChI=1S/C25H28ClNO3/c1-4-29-24-14-21(16-27-15-19-9-11-22(28-3)12-10-19)13-23(26)25(24)30-17-20-7-5-18(2)6-8-20/h5-14,27H,4,15-17H2,1-3H3. The lowest BCUT2D eigenvalue weighted by atomic mass is 10.1. The molecule has 4 nitrogen and oxygen atoms in total. The molecular weight excluding hydrogens is 398 g/mol. The topological polar surface area (TPSA) is 39.7 Å². The fourth-order valence-electron chi connectivity index (χ4n) is 3.06. The highest BCUT2D eigenvalue weighted by atomic mass is 35.5. The highest BCUT2D eigenvalue weighted by Gasteiger charge is 2.13. The molecule has 0 amide bonds. The van der Waals surface area contributed by atoms with Gasteiger partial charge in [-0.2, -0.15) is 0 Å². The number of rotatable bonds is 10. The van der Waals surface area contributed by atoms with E-state index in [9.17, 15) is 0 Å². The second-order valence-electron chi connectivity index (χ2n) is 7.06. The fourth-order valence-corrected chi connectivity index (χ4v) is 3.35. The molecule has 0 heterocycles. The van der Waals surface area contributed by atoms with Crippen molar-refractivity contribution in [2.45, 2.75) is 33.5 Å². The molecule has 0 spiro atoms. The maximum Gasteiger partial charge on any atom is 0.180 e. The Morgan fingerprint density at radius 2 is 1.50 bits per heavy atom. The summed E-state index contributed by atoms with van der Waals surface area (Å²) in [6.45, 7) is 6.42. The van der Waals surface area contributed by atoms with Gasteiger partial charge in [-0.25, -0.2) is 0 Å². The van der Waals surface area contributed by atoms with Crippen LogP contribution < -0.4 is 19.5 Å². The molecule has 0 saturated heterocycles. The van der Waals surface area contributed by atoms with Crippen molar-refractivity contribution in [1.29, 1.82) is 0 Å². The smallest absolute Gasteiger partial charge is 0.180 e. The van der Waals surface area contributed by atoms with Gasteiger partial charge in [0, 0.05) is 13.1 Å². The van der Waals surface area contributed by atoms with Crippen molar-refractivity contribution in [2.24, 2.45) is 0 Å². The fraction of sp³-hybridized carbons (Fsp3) is 0.280. The van der Waals surface area contributed by atoms with Gasteiger partial charge in [-0.1, -0.05) is 53.6 Å². The van der Waals surface area contributed by atoms with Crippen LogP contribution in [0.15, 0.2) is 60.7 Å². The van der Waals surface area contributed by atoms with Gasteiger partial charge in [-0.05, 0) is 54.8 Å². The lowest BCUT2D eigenvalue weighted by molar-refractivity contribution is 0.269. The van der Waals surface area contributed by atoms with Crippen molar-refractivity contribution < 1.29 is 14.2 Å². The van der Waals surface area contributed by atoms with Gasteiger partial charge in [0.15, 0.2) is 11.5 Å². The van der Waals surface area contributed by atoms with Gasteiger partial charge < -0.3 is 19.5 Å². The van der Waals surface area contributed by atoms with Crippen LogP contribution in [0.25, 0.3) is 0 Å². The average Bonchev–Trinajstić information content (AvgIpc) is 2.75. The lowest BCUT2D eigenvalue weighted by Gasteiger charge is -2.16. The summed E-state index contributed by atoms with van der Waals surface area (Å²) in [7, 11) is 1.67. The summed E-state index contributed by atoms with van der Waals surface area (Å²) in [5.74, 6) is 2.10. The minimum absolute atomic E-state index is 0.440. The first kappa shape index (κ1) is 22.0. The first-order valence-corrected chi connectivity index (χ1v) is 10.4. The van der Waals surface area contributed by atoms with Crippen LogP contribution in [-0.4, -0.2) is 13.7 Å². The SMILES string of the molecule is CCOc1cc(CNCc2ccc(OC)cc2)cc(Cl)c1OCc1ccc(C)cc1. The molecule has 3 rings (SSSR count). The molecule has 3 aromatic carbocycles. The number of halogens is 1. The quantitative estimate of drug-likeness (QED) is 0.437. The Labute approximate surface area is 183 Å². The van der Waals surface area contributed by atoms with Crippen molar-refractivity contribution in [3.8, 4) is 17.2 Å². The first-order valence-electron chi connectivity index (χ1n) is 10.1. The van der Waals surface area contributed by atoms with Gasteiger partial charge in [0.25, 0.3) is 0 Å². The molecule has 0 atom stereocenters. The molecule has 3 aromatic rings. The van der Waals surface area contributed by atoms with E-state index in [2.05, 4.69) is 36.5 Å². The second kappa shape index (κ2) is 10.9. The van der Waals surface area contributed by atoms with Crippen molar-refractivity contribution in [2.75, 3.05) is 13.7 Å². The molecule has 30 heavy (non-hydrogen) atoms. The number of nitrogens with one attached hydrogen (secondary N) is 1. The Balaban J connectivity index is 1.64. The van der Waals surface area contributed by atoms with Crippen LogP contribution >= 0.6 is 11.6 Å². The van der Waals surface area contributed by atoms with Crippen LogP contribution in [0.1, 0.15) is 29.2 Å². The minimum atomic E-state index is 0.440. The van der Waals surface area contributed by atoms with E-state index in [4.69, 9.17) is 25.8 Å². The molecule has 0 aliphatic heterocycles. The summed E-state index contributed by atoms with van der Waals surface area (Å²) in [6.07, 6.45) is 0. The molecule has 0 aliphatic rings.